The summed E-state index contributed by atoms with van der Waals surface area (Å²) in [6, 6.07) is 12.2. The average Bonchev–Trinajstić information content (AvgIpc) is 2.81. The fourth-order valence-corrected chi connectivity index (χ4v) is 5.46. The van der Waals surface area contributed by atoms with Crippen molar-refractivity contribution in [2.24, 2.45) is 0 Å². The van der Waals surface area contributed by atoms with Crippen LogP contribution in [0.25, 0.3) is 0 Å². The van der Waals surface area contributed by atoms with Gasteiger partial charge in [-0.05, 0) is 48.1 Å². The molecule has 180 valence electrons. The molecule has 35 heavy (non-hydrogen) atoms. The lowest BCUT2D eigenvalue weighted by Gasteiger charge is -2.54. The van der Waals surface area contributed by atoms with Crippen molar-refractivity contribution in [3.05, 3.63) is 99.0 Å². The zero-order chi connectivity index (χ0) is 24.3. The van der Waals surface area contributed by atoms with Gasteiger partial charge < -0.3 is 14.7 Å². The minimum Gasteiger partial charge on any atom is -0.502 e. The Hall–Kier alpha value is -3.72. The van der Waals surface area contributed by atoms with Crippen molar-refractivity contribution in [2.75, 3.05) is 18.2 Å². The smallest absolute Gasteiger partial charge is 0.278 e. The first-order valence-electron chi connectivity index (χ1n) is 11.6. The first-order chi connectivity index (χ1) is 17.0. The molecule has 1 aromatic heterocycles. The van der Waals surface area contributed by atoms with Gasteiger partial charge in [-0.3, -0.25) is 19.3 Å². The van der Waals surface area contributed by atoms with Gasteiger partial charge in [0, 0.05) is 12.3 Å². The van der Waals surface area contributed by atoms with E-state index in [9.17, 15) is 23.5 Å². The SMILES string of the molecule is O=C1c2c(O)c(=O)ccn2N2[C@@H](c3ccccc3)c3cc(F)c(F)cc3CCC[C@@H]2N1C1COC1. The number of ether oxygens (including phenoxy) is 1. The van der Waals surface area contributed by atoms with Crippen LogP contribution in [0.15, 0.2) is 59.5 Å². The van der Waals surface area contributed by atoms with E-state index in [-0.39, 0.29) is 11.7 Å². The highest BCUT2D eigenvalue weighted by atomic mass is 19.2. The second-order valence-electron chi connectivity index (χ2n) is 9.16. The van der Waals surface area contributed by atoms with E-state index in [1.54, 1.807) is 4.90 Å². The van der Waals surface area contributed by atoms with Gasteiger partial charge in [0.25, 0.3) is 5.91 Å². The summed E-state index contributed by atoms with van der Waals surface area (Å²) >= 11 is 0. The van der Waals surface area contributed by atoms with Crippen LogP contribution in [0.2, 0.25) is 0 Å². The second-order valence-corrected chi connectivity index (χ2v) is 9.16. The molecule has 0 radical (unpaired) electrons. The van der Waals surface area contributed by atoms with Crippen LogP contribution in [0.3, 0.4) is 0 Å². The third-order valence-corrected chi connectivity index (χ3v) is 7.15. The summed E-state index contributed by atoms with van der Waals surface area (Å²) in [5, 5.41) is 12.6. The highest BCUT2D eigenvalue weighted by molar-refractivity contribution is 5.96. The van der Waals surface area contributed by atoms with E-state index in [1.165, 1.54) is 29.1 Å². The molecule has 7 nitrogen and oxygen atoms in total. The highest BCUT2D eigenvalue weighted by Gasteiger charge is 2.48. The molecule has 2 aromatic carbocycles. The highest BCUT2D eigenvalue weighted by Crippen LogP contribution is 2.41. The number of fused-ring (bicyclic) bond motifs is 4. The minimum absolute atomic E-state index is 0.147. The van der Waals surface area contributed by atoms with Gasteiger partial charge in [0.1, 0.15) is 6.17 Å². The largest absolute Gasteiger partial charge is 0.502 e. The maximum atomic E-state index is 14.6. The quantitative estimate of drug-likeness (QED) is 0.612. The van der Waals surface area contributed by atoms with E-state index in [0.717, 1.165) is 5.56 Å². The predicted molar refractivity (Wildman–Crippen MR) is 123 cm³/mol. The van der Waals surface area contributed by atoms with Crippen LogP contribution >= 0.6 is 0 Å². The Morgan fingerprint density at radius 1 is 1.00 bits per heavy atom. The normalized spacial score (nSPS) is 21.9. The maximum Gasteiger partial charge on any atom is 0.278 e. The average molecular weight is 479 g/mol. The van der Waals surface area contributed by atoms with Crippen molar-refractivity contribution in [1.29, 1.82) is 0 Å². The van der Waals surface area contributed by atoms with Crippen LogP contribution in [0, 0.1) is 11.6 Å². The maximum absolute atomic E-state index is 14.6. The Balaban J connectivity index is 1.66. The van der Waals surface area contributed by atoms with Gasteiger partial charge in [0.2, 0.25) is 5.43 Å². The third-order valence-electron chi connectivity index (χ3n) is 7.15. The molecule has 1 fully saturated rings. The molecule has 6 rings (SSSR count). The first kappa shape index (κ1) is 21.8. The number of nitrogens with zero attached hydrogens (tertiary/aromatic N) is 3. The Bertz CT molecular complexity index is 1370. The summed E-state index contributed by atoms with van der Waals surface area (Å²) < 4.78 is 35.8. The van der Waals surface area contributed by atoms with Crippen LogP contribution in [-0.2, 0) is 11.2 Å². The molecule has 3 aliphatic rings. The number of carbonyl (C=O) groups excluding carboxylic acids is 1. The molecule has 3 aromatic rings. The Kier molecular flexibility index (Phi) is 5.10. The third kappa shape index (κ3) is 3.33. The van der Waals surface area contributed by atoms with Crippen molar-refractivity contribution in [3.8, 4) is 5.75 Å². The molecule has 0 spiro atoms. The number of aryl methyl sites for hydroxylation is 1. The van der Waals surface area contributed by atoms with E-state index in [2.05, 4.69) is 0 Å². The van der Waals surface area contributed by atoms with Crippen LogP contribution in [0.1, 0.15) is 46.1 Å². The van der Waals surface area contributed by atoms with E-state index < -0.39 is 40.9 Å². The number of pyridine rings is 1. The molecule has 0 aliphatic carbocycles. The van der Waals surface area contributed by atoms with Crippen molar-refractivity contribution < 1.29 is 23.4 Å². The number of rotatable bonds is 2. The topological polar surface area (TPSA) is 75.0 Å². The number of halogens is 2. The lowest BCUT2D eigenvalue weighted by atomic mass is 9.88. The Morgan fingerprint density at radius 3 is 2.46 bits per heavy atom. The van der Waals surface area contributed by atoms with Gasteiger partial charge in [-0.1, -0.05) is 30.3 Å². The zero-order valence-electron chi connectivity index (χ0n) is 18.7. The monoisotopic (exact) mass is 479 g/mol. The van der Waals surface area contributed by atoms with Gasteiger partial charge in [-0.2, -0.15) is 0 Å². The summed E-state index contributed by atoms with van der Waals surface area (Å²) in [5.41, 5.74) is 1.24. The van der Waals surface area contributed by atoms with Crippen LogP contribution in [0.5, 0.6) is 5.75 Å². The number of carbonyl (C=O) groups is 1. The molecule has 4 heterocycles. The Morgan fingerprint density at radius 2 is 1.74 bits per heavy atom. The molecule has 9 heteroatoms. The molecule has 1 N–H and O–H groups in total. The predicted octanol–water partition coefficient (Wildman–Crippen LogP) is 3.08. The molecule has 0 saturated carbocycles. The fraction of sp³-hybridized carbons (Fsp3) is 0.308. The van der Waals surface area contributed by atoms with Crippen LogP contribution in [0.4, 0.5) is 8.78 Å². The van der Waals surface area contributed by atoms with E-state index >= 15 is 0 Å². The lowest BCUT2D eigenvalue weighted by Crippen LogP contribution is -2.68. The van der Waals surface area contributed by atoms with E-state index in [1.807, 2.05) is 35.3 Å². The summed E-state index contributed by atoms with van der Waals surface area (Å²) in [5.74, 6) is -2.95. The molecular formula is C26H23F2N3O4. The minimum atomic E-state index is -0.956. The van der Waals surface area contributed by atoms with Crippen molar-refractivity contribution in [2.45, 2.75) is 37.5 Å². The molecule has 0 bridgehead atoms. The molecule has 0 unspecified atom stereocenters. The lowest BCUT2D eigenvalue weighted by molar-refractivity contribution is -0.0746. The number of benzene rings is 2. The molecule has 1 amide bonds. The fourth-order valence-electron chi connectivity index (χ4n) is 5.46. The number of hydrogen-bond acceptors (Lipinski definition) is 5. The number of aromatic nitrogens is 1. The summed E-state index contributed by atoms with van der Waals surface area (Å²) in [4.78, 5) is 27.7. The van der Waals surface area contributed by atoms with E-state index in [4.69, 9.17) is 4.74 Å². The van der Waals surface area contributed by atoms with Gasteiger partial charge in [-0.25, -0.2) is 8.78 Å². The van der Waals surface area contributed by atoms with Crippen molar-refractivity contribution in [3.63, 3.8) is 0 Å². The zero-order valence-corrected chi connectivity index (χ0v) is 18.7. The molecular weight excluding hydrogens is 456 g/mol. The van der Waals surface area contributed by atoms with Crippen LogP contribution in [-0.4, -0.2) is 46.0 Å². The standard InChI is InChI=1S/C26H23F2N3O4/c27-19-11-16-7-4-8-22-30(17-13-35-14-17)26(34)24-25(33)21(32)9-10-29(24)31(22)23(18(16)12-20(19)28)15-5-2-1-3-6-15/h1-3,5-6,9-12,17,22-23,33H,4,7-8,13-14H2/t22-,23+/m1/s1. The Labute approximate surface area is 199 Å². The van der Waals surface area contributed by atoms with Crippen LogP contribution < -0.4 is 10.4 Å². The number of aromatic hydroxyl groups is 1. The van der Waals surface area contributed by atoms with Gasteiger partial charge >= 0.3 is 0 Å². The summed E-state index contributed by atoms with van der Waals surface area (Å²) in [6.45, 7) is 0.695. The second kappa shape index (κ2) is 8.20. The molecule has 1 saturated heterocycles. The van der Waals surface area contributed by atoms with Crippen molar-refractivity contribution >= 4 is 5.91 Å². The van der Waals surface area contributed by atoms with Gasteiger partial charge in [-0.15, -0.1) is 0 Å². The van der Waals surface area contributed by atoms with Crippen molar-refractivity contribution in [1.82, 2.24) is 9.58 Å². The number of hydrogen-bond donors (Lipinski definition) is 1. The van der Waals surface area contributed by atoms with E-state index in [0.29, 0.717) is 43.6 Å². The molecule has 3 aliphatic heterocycles. The molecule has 2 atom stereocenters. The summed E-state index contributed by atoms with van der Waals surface area (Å²) in [6.07, 6.45) is 2.70. The number of amides is 1. The van der Waals surface area contributed by atoms with Gasteiger partial charge in [0.05, 0.1) is 25.3 Å². The summed E-state index contributed by atoms with van der Waals surface area (Å²) in [7, 11) is 0. The van der Waals surface area contributed by atoms with Gasteiger partial charge in [0.15, 0.2) is 23.1 Å². The first-order valence-corrected chi connectivity index (χ1v) is 11.6.